The molecule has 0 saturated carbocycles. The number of carbonyl (C=O) groups excluding carboxylic acids is 3. The molecule has 1 fully saturated rings. The van der Waals surface area contributed by atoms with Crippen molar-refractivity contribution in [1.29, 1.82) is 0 Å². The molecule has 0 aromatic heterocycles. The number of amides is 2. The largest absolute Gasteiger partial charge is 0.490 e. The second kappa shape index (κ2) is 11.4. The molecule has 1 aliphatic heterocycles. The van der Waals surface area contributed by atoms with Crippen LogP contribution in [0.25, 0.3) is 6.08 Å². The summed E-state index contributed by atoms with van der Waals surface area (Å²) in [6.07, 6.45) is 1.57. The number of thioether (sulfide) groups is 1. The van der Waals surface area contributed by atoms with Gasteiger partial charge in [0, 0.05) is 16.6 Å². The van der Waals surface area contributed by atoms with Gasteiger partial charge in [-0.1, -0.05) is 40.2 Å². The van der Waals surface area contributed by atoms with Crippen LogP contribution in [-0.4, -0.2) is 33.5 Å². The van der Waals surface area contributed by atoms with E-state index in [1.165, 1.54) is 29.2 Å². The van der Waals surface area contributed by atoms with Crippen molar-refractivity contribution >= 4 is 56.6 Å². The fraction of sp³-hybridized carbons (Fsp3) is 0.115. The highest BCUT2D eigenvalue weighted by molar-refractivity contribution is 9.10. The van der Waals surface area contributed by atoms with E-state index in [-0.39, 0.29) is 46.0 Å². The predicted octanol–water partition coefficient (Wildman–Crippen LogP) is 6.21. The number of hydrogen-bond donors (Lipinski definition) is 0. The maximum Gasteiger partial charge on any atom is 0.343 e. The molecule has 0 aliphatic carbocycles. The van der Waals surface area contributed by atoms with Gasteiger partial charge in [0.05, 0.1) is 28.5 Å². The number of carbonyl (C=O) groups is 3. The summed E-state index contributed by atoms with van der Waals surface area (Å²) < 4.78 is 11.9. The minimum atomic E-state index is -0.786. The Bertz CT molecular complexity index is 1420. The first-order chi connectivity index (χ1) is 17.7. The minimum Gasteiger partial charge on any atom is -0.490 e. The van der Waals surface area contributed by atoms with Crippen LogP contribution in [0.3, 0.4) is 0 Å². The average molecular weight is 583 g/mol. The standard InChI is InChI=1S/C26H19BrN2O7S/c1-2-35-22-12-17(8-11-21(22)36-25(31)18-4-3-5-20(14-18)29(33)34)13-23-24(30)28(26(32)37-23)15-16-6-9-19(27)10-7-16/h3-14H,2,15H2,1H3/b23-13-. The number of rotatable bonds is 8. The van der Waals surface area contributed by atoms with E-state index in [9.17, 15) is 24.5 Å². The van der Waals surface area contributed by atoms with Crippen LogP contribution in [0.4, 0.5) is 10.5 Å². The van der Waals surface area contributed by atoms with E-state index in [4.69, 9.17) is 9.47 Å². The van der Waals surface area contributed by atoms with Gasteiger partial charge in [-0.15, -0.1) is 0 Å². The molecule has 3 aromatic rings. The summed E-state index contributed by atoms with van der Waals surface area (Å²) in [4.78, 5) is 49.8. The molecule has 0 N–H and O–H groups in total. The summed E-state index contributed by atoms with van der Waals surface area (Å²) in [5, 5.41) is 10.6. The Morgan fingerprint density at radius 2 is 1.84 bits per heavy atom. The Labute approximate surface area is 224 Å². The van der Waals surface area contributed by atoms with Crippen LogP contribution >= 0.6 is 27.7 Å². The lowest BCUT2D eigenvalue weighted by Crippen LogP contribution is -2.27. The maximum atomic E-state index is 12.9. The van der Waals surface area contributed by atoms with Crippen LogP contribution in [0.15, 0.2) is 76.1 Å². The average Bonchev–Trinajstić information content (AvgIpc) is 3.14. The van der Waals surface area contributed by atoms with E-state index in [2.05, 4.69) is 15.9 Å². The zero-order valence-electron chi connectivity index (χ0n) is 19.4. The molecule has 2 amide bonds. The number of benzene rings is 3. The summed E-state index contributed by atoms with van der Waals surface area (Å²) in [7, 11) is 0. The Balaban J connectivity index is 1.53. The topological polar surface area (TPSA) is 116 Å². The Morgan fingerprint density at radius 3 is 2.54 bits per heavy atom. The first-order valence-electron chi connectivity index (χ1n) is 11.0. The summed E-state index contributed by atoms with van der Waals surface area (Å²) in [6, 6.07) is 17.2. The van der Waals surface area contributed by atoms with Gasteiger partial charge in [0.2, 0.25) is 0 Å². The van der Waals surface area contributed by atoms with Crippen LogP contribution in [-0.2, 0) is 11.3 Å². The number of non-ortho nitro benzene ring substituents is 1. The lowest BCUT2D eigenvalue weighted by molar-refractivity contribution is -0.384. The zero-order chi connectivity index (χ0) is 26.5. The zero-order valence-corrected chi connectivity index (χ0v) is 21.8. The molecule has 1 heterocycles. The highest BCUT2D eigenvalue weighted by Crippen LogP contribution is 2.36. The number of halogens is 1. The van der Waals surface area contributed by atoms with Crippen LogP contribution < -0.4 is 9.47 Å². The van der Waals surface area contributed by atoms with E-state index in [0.717, 1.165) is 27.9 Å². The Morgan fingerprint density at radius 1 is 1.08 bits per heavy atom. The SMILES string of the molecule is CCOc1cc(/C=C2\SC(=O)N(Cc3ccc(Br)cc3)C2=O)ccc1OC(=O)c1cccc([N+](=O)[O-])c1. The van der Waals surface area contributed by atoms with Crippen molar-refractivity contribution in [1.82, 2.24) is 4.90 Å². The van der Waals surface area contributed by atoms with Gasteiger partial charge in [-0.2, -0.15) is 0 Å². The Hall–Kier alpha value is -3.96. The highest BCUT2D eigenvalue weighted by Gasteiger charge is 2.35. The van der Waals surface area contributed by atoms with Gasteiger partial charge in [0.25, 0.3) is 16.8 Å². The van der Waals surface area contributed by atoms with Gasteiger partial charge < -0.3 is 9.47 Å². The molecular formula is C26H19BrN2O7S. The first kappa shape index (κ1) is 26.1. The molecule has 11 heteroatoms. The molecule has 4 rings (SSSR count). The van der Waals surface area contributed by atoms with Gasteiger partial charge in [-0.25, -0.2) is 4.79 Å². The number of nitrogens with zero attached hydrogens (tertiary/aromatic N) is 2. The molecule has 0 unspecified atom stereocenters. The second-order valence-corrected chi connectivity index (χ2v) is 9.64. The van der Waals surface area contributed by atoms with Crippen molar-refractivity contribution in [3.05, 3.63) is 103 Å². The fourth-order valence-electron chi connectivity index (χ4n) is 3.43. The molecule has 37 heavy (non-hydrogen) atoms. The van der Waals surface area contributed by atoms with Crippen LogP contribution in [0.2, 0.25) is 0 Å². The first-order valence-corrected chi connectivity index (χ1v) is 12.6. The smallest absolute Gasteiger partial charge is 0.343 e. The van der Waals surface area contributed by atoms with Crippen molar-refractivity contribution in [2.75, 3.05) is 6.61 Å². The number of nitro groups is 1. The summed E-state index contributed by atoms with van der Waals surface area (Å²) >= 11 is 4.20. The van der Waals surface area contributed by atoms with Crippen molar-refractivity contribution in [3.8, 4) is 11.5 Å². The summed E-state index contributed by atoms with van der Waals surface area (Å²) in [5.41, 5.74) is 1.16. The molecule has 0 bridgehead atoms. The van der Waals surface area contributed by atoms with E-state index in [1.807, 2.05) is 24.3 Å². The number of imide groups is 1. The molecule has 9 nitrogen and oxygen atoms in total. The van der Waals surface area contributed by atoms with Gasteiger partial charge in [0.1, 0.15) is 0 Å². The molecule has 188 valence electrons. The molecular weight excluding hydrogens is 564 g/mol. The third-order valence-electron chi connectivity index (χ3n) is 5.19. The molecule has 0 radical (unpaired) electrons. The number of hydrogen-bond acceptors (Lipinski definition) is 8. The van der Waals surface area contributed by atoms with E-state index < -0.39 is 16.8 Å². The van der Waals surface area contributed by atoms with Gasteiger partial charge in [0.15, 0.2) is 11.5 Å². The maximum absolute atomic E-state index is 12.9. The number of nitro benzene ring substituents is 1. The quantitative estimate of drug-likeness (QED) is 0.101. The van der Waals surface area contributed by atoms with Crippen molar-refractivity contribution < 1.29 is 28.8 Å². The molecule has 1 aliphatic rings. The van der Waals surface area contributed by atoms with Gasteiger partial charge >= 0.3 is 5.97 Å². The summed E-state index contributed by atoms with van der Waals surface area (Å²) in [6.45, 7) is 2.19. The Kier molecular flexibility index (Phi) is 8.04. The second-order valence-electron chi connectivity index (χ2n) is 7.73. The van der Waals surface area contributed by atoms with Crippen LogP contribution in [0.1, 0.15) is 28.4 Å². The molecule has 0 spiro atoms. The van der Waals surface area contributed by atoms with E-state index in [0.29, 0.717) is 5.56 Å². The monoisotopic (exact) mass is 582 g/mol. The van der Waals surface area contributed by atoms with Crippen molar-refractivity contribution in [2.45, 2.75) is 13.5 Å². The van der Waals surface area contributed by atoms with Gasteiger partial charge in [-0.3, -0.25) is 24.6 Å². The van der Waals surface area contributed by atoms with E-state index >= 15 is 0 Å². The number of esters is 1. The van der Waals surface area contributed by atoms with Crippen LogP contribution in [0, 0.1) is 10.1 Å². The molecule has 0 atom stereocenters. The predicted molar refractivity (Wildman–Crippen MR) is 141 cm³/mol. The van der Waals surface area contributed by atoms with Crippen molar-refractivity contribution in [2.24, 2.45) is 0 Å². The molecule has 1 saturated heterocycles. The highest BCUT2D eigenvalue weighted by atomic mass is 79.9. The third kappa shape index (κ3) is 6.25. The van der Waals surface area contributed by atoms with Crippen LogP contribution in [0.5, 0.6) is 11.5 Å². The van der Waals surface area contributed by atoms with Crippen molar-refractivity contribution in [3.63, 3.8) is 0 Å². The fourth-order valence-corrected chi connectivity index (χ4v) is 4.53. The lowest BCUT2D eigenvalue weighted by Gasteiger charge is -2.12. The van der Waals surface area contributed by atoms with Gasteiger partial charge in [-0.05, 0) is 66.2 Å². The minimum absolute atomic E-state index is 0.0140. The number of ether oxygens (including phenoxy) is 2. The summed E-state index contributed by atoms with van der Waals surface area (Å²) in [5.74, 6) is -0.841. The third-order valence-corrected chi connectivity index (χ3v) is 6.62. The lowest BCUT2D eigenvalue weighted by atomic mass is 10.1. The molecule has 3 aromatic carbocycles. The van der Waals surface area contributed by atoms with E-state index in [1.54, 1.807) is 25.1 Å². The normalized spacial score (nSPS) is 14.2.